The van der Waals surface area contributed by atoms with Crippen molar-refractivity contribution >= 4 is 5.91 Å². The lowest BCUT2D eigenvalue weighted by Crippen LogP contribution is -2.39. The second-order valence-corrected chi connectivity index (χ2v) is 7.61. The zero-order chi connectivity index (χ0) is 19.2. The van der Waals surface area contributed by atoms with Gasteiger partial charge in [-0.05, 0) is 48.6 Å². The predicted molar refractivity (Wildman–Crippen MR) is 105 cm³/mol. The van der Waals surface area contributed by atoms with E-state index >= 15 is 0 Å². The highest BCUT2D eigenvalue weighted by Crippen LogP contribution is 2.24. The topological polar surface area (TPSA) is 47.6 Å². The summed E-state index contributed by atoms with van der Waals surface area (Å²) < 4.78 is 11.3. The van der Waals surface area contributed by atoms with Crippen molar-refractivity contribution < 1.29 is 14.3 Å². The summed E-state index contributed by atoms with van der Waals surface area (Å²) in [6.07, 6.45) is 0. The first-order valence-corrected chi connectivity index (χ1v) is 8.97. The van der Waals surface area contributed by atoms with Crippen molar-refractivity contribution in [3.05, 3.63) is 59.7 Å². The molecular weight excluding hydrogens is 326 g/mol. The molecule has 1 atom stereocenters. The Balaban J connectivity index is 1.75. The van der Waals surface area contributed by atoms with E-state index in [1.165, 1.54) is 5.56 Å². The van der Waals surface area contributed by atoms with E-state index in [9.17, 15) is 4.79 Å². The maximum absolute atomic E-state index is 12.0. The molecule has 0 bridgehead atoms. The fourth-order valence-corrected chi connectivity index (χ4v) is 2.49. The molecule has 26 heavy (non-hydrogen) atoms. The Hall–Kier alpha value is -2.49. The third kappa shape index (κ3) is 6.10. The summed E-state index contributed by atoms with van der Waals surface area (Å²) in [5.74, 6) is 1.37. The van der Waals surface area contributed by atoms with Gasteiger partial charge < -0.3 is 14.8 Å². The SMILES string of the molecule is Cc1ccccc1OC[C@@H](C)NC(=O)COc1ccc(C(C)(C)C)cc1. The number of aryl methyl sites for hydroxylation is 1. The van der Waals surface area contributed by atoms with Crippen LogP contribution in [0.4, 0.5) is 0 Å². The molecule has 0 fully saturated rings. The molecule has 0 spiro atoms. The van der Waals surface area contributed by atoms with Gasteiger partial charge in [-0.15, -0.1) is 0 Å². The van der Waals surface area contributed by atoms with E-state index < -0.39 is 0 Å². The Labute approximate surface area is 156 Å². The quantitative estimate of drug-likeness (QED) is 0.807. The zero-order valence-electron chi connectivity index (χ0n) is 16.3. The van der Waals surface area contributed by atoms with E-state index in [1.54, 1.807) is 0 Å². The lowest BCUT2D eigenvalue weighted by molar-refractivity contribution is -0.123. The molecule has 0 aliphatic carbocycles. The summed E-state index contributed by atoms with van der Waals surface area (Å²) in [4.78, 5) is 12.0. The third-order valence-electron chi connectivity index (χ3n) is 4.08. The molecule has 0 heterocycles. The normalized spacial score (nSPS) is 12.3. The largest absolute Gasteiger partial charge is 0.491 e. The van der Waals surface area contributed by atoms with E-state index in [4.69, 9.17) is 9.47 Å². The summed E-state index contributed by atoms with van der Waals surface area (Å²) >= 11 is 0. The van der Waals surface area contributed by atoms with E-state index in [-0.39, 0.29) is 24.0 Å². The standard InChI is InChI=1S/C22H29NO3/c1-16-8-6-7-9-20(16)26-14-17(2)23-21(24)15-25-19-12-10-18(11-13-19)22(3,4)5/h6-13,17H,14-15H2,1-5H3,(H,23,24)/t17-/m1/s1. The Morgan fingerprint density at radius 2 is 1.69 bits per heavy atom. The van der Waals surface area contributed by atoms with Gasteiger partial charge in [-0.1, -0.05) is 51.1 Å². The molecule has 4 nitrogen and oxygen atoms in total. The molecule has 0 aliphatic heterocycles. The molecule has 0 saturated carbocycles. The number of nitrogens with one attached hydrogen (secondary N) is 1. The number of amides is 1. The average Bonchev–Trinajstić information content (AvgIpc) is 2.59. The Kier molecular flexibility index (Phi) is 6.67. The van der Waals surface area contributed by atoms with Crippen LogP contribution in [0.5, 0.6) is 11.5 Å². The molecule has 0 radical (unpaired) electrons. The van der Waals surface area contributed by atoms with Gasteiger partial charge in [-0.25, -0.2) is 0 Å². The van der Waals surface area contributed by atoms with E-state index in [2.05, 4.69) is 26.1 Å². The Bertz CT molecular complexity index is 717. The number of hydrogen-bond donors (Lipinski definition) is 1. The van der Waals surface area contributed by atoms with Gasteiger partial charge in [0.2, 0.25) is 0 Å². The van der Waals surface area contributed by atoms with Crippen molar-refractivity contribution in [2.24, 2.45) is 0 Å². The van der Waals surface area contributed by atoms with Crippen LogP contribution in [0.3, 0.4) is 0 Å². The number of hydrogen-bond acceptors (Lipinski definition) is 3. The molecule has 0 aliphatic rings. The van der Waals surface area contributed by atoms with Gasteiger partial charge in [0.1, 0.15) is 18.1 Å². The second-order valence-electron chi connectivity index (χ2n) is 7.61. The highest BCUT2D eigenvalue weighted by molar-refractivity contribution is 5.77. The first-order valence-electron chi connectivity index (χ1n) is 8.97. The molecule has 140 valence electrons. The molecule has 2 aromatic carbocycles. The number of carbonyl (C=O) groups is 1. The number of carbonyl (C=O) groups excluding carboxylic acids is 1. The van der Waals surface area contributed by atoms with Crippen LogP contribution >= 0.6 is 0 Å². The molecule has 2 rings (SSSR count). The molecule has 0 unspecified atom stereocenters. The van der Waals surface area contributed by atoms with Gasteiger partial charge in [-0.2, -0.15) is 0 Å². The maximum Gasteiger partial charge on any atom is 0.258 e. The lowest BCUT2D eigenvalue weighted by Gasteiger charge is -2.19. The lowest BCUT2D eigenvalue weighted by atomic mass is 9.87. The second kappa shape index (κ2) is 8.75. The van der Waals surface area contributed by atoms with Gasteiger partial charge in [-0.3, -0.25) is 4.79 Å². The monoisotopic (exact) mass is 355 g/mol. The molecule has 1 N–H and O–H groups in total. The smallest absolute Gasteiger partial charge is 0.258 e. The van der Waals surface area contributed by atoms with E-state index in [0.717, 1.165) is 11.3 Å². The van der Waals surface area contributed by atoms with Crippen molar-refractivity contribution in [3.63, 3.8) is 0 Å². The minimum atomic E-state index is -0.161. The van der Waals surface area contributed by atoms with Gasteiger partial charge in [0, 0.05) is 0 Å². The van der Waals surface area contributed by atoms with Crippen LogP contribution in [-0.4, -0.2) is 25.2 Å². The molecule has 4 heteroatoms. The van der Waals surface area contributed by atoms with Gasteiger partial charge in [0.15, 0.2) is 6.61 Å². The first-order chi connectivity index (χ1) is 12.3. The molecule has 2 aromatic rings. The van der Waals surface area contributed by atoms with Crippen molar-refractivity contribution in [2.75, 3.05) is 13.2 Å². The number of benzene rings is 2. The zero-order valence-corrected chi connectivity index (χ0v) is 16.3. The predicted octanol–water partition coefficient (Wildman–Crippen LogP) is 4.26. The highest BCUT2D eigenvalue weighted by atomic mass is 16.5. The molecular formula is C22H29NO3. The molecule has 0 saturated heterocycles. The van der Waals surface area contributed by atoms with Gasteiger partial charge in [0.05, 0.1) is 6.04 Å². The average molecular weight is 355 g/mol. The molecule has 1 amide bonds. The van der Waals surface area contributed by atoms with Gasteiger partial charge in [0.25, 0.3) is 5.91 Å². The summed E-state index contributed by atoms with van der Waals surface area (Å²) in [5, 5.41) is 2.89. The summed E-state index contributed by atoms with van der Waals surface area (Å²) in [6, 6.07) is 15.6. The minimum absolute atomic E-state index is 0.0103. The third-order valence-corrected chi connectivity index (χ3v) is 4.08. The summed E-state index contributed by atoms with van der Waals surface area (Å²) in [6.45, 7) is 10.8. The first kappa shape index (κ1) is 19.8. The van der Waals surface area contributed by atoms with Crippen molar-refractivity contribution in [3.8, 4) is 11.5 Å². The minimum Gasteiger partial charge on any atom is -0.491 e. The fourth-order valence-electron chi connectivity index (χ4n) is 2.49. The van der Waals surface area contributed by atoms with Crippen LogP contribution in [0.25, 0.3) is 0 Å². The fraction of sp³-hybridized carbons (Fsp3) is 0.409. The van der Waals surface area contributed by atoms with Crippen LogP contribution in [0, 0.1) is 6.92 Å². The maximum atomic E-state index is 12.0. The van der Waals surface area contributed by atoms with Crippen LogP contribution < -0.4 is 14.8 Å². The Morgan fingerprint density at radius 3 is 2.31 bits per heavy atom. The Morgan fingerprint density at radius 1 is 1.04 bits per heavy atom. The number of ether oxygens (including phenoxy) is 2. The van der Waals surface area contributed by atoms with E-state index in [1.807, 2.05) is 62.4 Å². The summed E-state index contributed by atoms with van der Waals surface area (Å²) in [5.41, 5.74) is 2.41. The van der Waals surface area contributed by atoms with Crippen LogP contribution in [-0.2, 0) is 10.2 Å². The van der Waals surface area contributed by atoms with Crippen molar-refractivity contribution in [1.82, 2.24) is 5.32 Å². The van der Waals surface area contributed by atoms with Crippen LogP contribution in [0.1, 0.15) is 38.8 Å². The highest BCUT2D eigenvalue weighted by Gasteiger charge is 2.13. The van der Waals surface area contributed by atoms with Crippen LogP contribution in [0.2, 0.25) is 0 Å². The van der Waals surface area contributed by atoms with E-state index in [0.29, 0.717) is 12.4 Å². The van der Waals surface area contributed by atoms with Crippen molar-refractivity contribution in [2.45, 2.75) is 46.1 Å². The molecule has 0 aromatic heterocycles. The number of para-hydroxylation sites is 1. The van der Waals surface area contributed by atoms with Crippen LogP contribution in [0.15, 0.2) is 48.5 Å². The summed E-state index contributed by atoms with van der Waals surface area (Å²) in [7, 11) is 0. The van der Waals surface area contributed by atoms with Gasteiger partial charge >= 0.3 is 0 Å². The number of rotatable bonds is 7. The van der Waals surface area contributed by atoms with Crippen molar-refractivity contribution in [1.29, 1.82) is 0 Å².